The maximum Gasteiger partial charge on any atom is 0.255 e. The number of carbonyl (C=O) groups excluding carboxylic acids is 1. The Kier molecular flexibility index (Phi) is 7.09. The average molecular weight is 516 g/mol. The van der Waals surface area contributed by atoms with Crippen molar-refractivity contribution < 1.29 is 14.3 Å². The van der Waals surface area contributed by atoms with Crippen LogP contribution in [0.2, 0.25) is 5.02 Å². The van der Waals surface area contributed by atoms with E-state index in [2.05, 4.69) is 20.7 Å². The number of ether oxygens (including phenoxy) is 2. The van der Waals surface area contributed by atoms with E-state index in [0.717, 1.165) is 11.1 Å². The first kappa shape index (κ1) is 24.4. The number of carbonyl (C=O) groups is 1. The Labute approximate surface area is 219 Å². The fourth-order valence-electron chi connectivity index (χ4n) is 4.24. The van der Waals surface area contributed by atoms with Gasteiger partial charge in [0.2, 0.25) is 5.95 Å². The summed E-state index contributed by atoms with van der Waals surface area (Å²) in [6.07, 6.45) is 1.47. The Balaban J connectivity index is 1.48. The monoisotopic (exact) mass is 515 g/mol. The number of rotatable bonds is 8. The van der Waals surface area contributed by atoms with Gasteiger partial charge in [-0.1, -0.05) is 48.0 Å². The van der Waals surface area contributed by atoms with Crippen molar-refractivity contribution in [3.05, 3.63) is 107 Å². The molecular weight excluding hydrogens is 490 g/mol. The molecule has 1 aliphatic heterocycles. The molecule has 2 N–H and O–H groups in total. The van der Waals surface area contributed by atoms with Crippen LogP contribution in [0, 0.1) is 0 Å². The smallest absolute Gasteiger partial charge is 0.255 e. The van der Waals surface area contributed by atoms with Crippen LogP contribution < -0.4 is 20.1 Å². The highest BCUT2D eigenvalue weighted by molar-refractivity contribution is 6.30. The van der Waals surface area contributed by atoms with Crippen molar-refractivity contribution in [3.63, 3.8) is 0 Å². The van der Waals surface area contributed by atoms with Crippen LogP contribution in [-0.4, -0.2) is 27.3 Å². The van der Waals surface area contributed by atoms with Gasteiger partial charge >= 0.3 is 0 Å². The summed E-state index contributed by atoms with van der Waals surface area (Å²) >= 11 is 5.99. The van der Waals surface area contributed by atoms with Gasteiger partial charge in [0.1, 0.15) is 19.0 Å². The van der Waals surface area contributed by atoms with Crippen LogP contribution in [0.4, 0.5) is 11.6 Å². The Bertz CT molecular complexity index is 1430. The molecule has 2 heterocycles. The molecule has 0 radical (unpaired) electrons. The molecule has 37 heavy (non-hydrogen) atoms. The number of nitrogens with zero attached hydrogens (tertiary/aromatic N) is 3. The second kappa shape index (κ2) is 10.8. The first-order valence-electron chi connectivity index (χ1n) is 11.9. The minimum absolute atomic E-state index is 0.233. The van der Waals surface area contributed by atoms with Gasteiger partial charge in [0, 0.05) is 16.4 Å². The van der Waals surface area contributed by atoms with Crippen molar-refractivity contribution in [1.82, 2.24) is 14.8 Å². The van der Waals surface area contributed by atoms with E-state index in [1.807, 2.05) is 86.6 Å². The summed E-state index contributed by atoms with van der Waals surface area (Å²) in [4.78, 5) is 17.8. The molecule has 0 bridgehead atoms. The Morgan fingerprint density at radius 3 is 2.59 bits per heavy atom. The van der Waals surface area contributed by atoms with E-state index in [9.17, 15) is 4.79 Å². The molecule has 0 saturated carbocycles. The molecule has 1 amide bonds. The summed E-state index contributed by atoms with van der Waals surface area (Å²) in [5.41, 5.74) is 3.73. The molecule has 0 unspecified atom stereocenters. The molecule has 4 aromatic rings. The van der Waals surface area contributed by atoms with Gasteiger partial charge in [-0.05, 0) is 61.4 Å². The fourth-order valence-corrected chi connectivity index (χ4v) is 4.36. The zero-order valence-corrected chi connectivity index (χ0v) is 21.2. The standard InChI is InChI=1S/C28H26ClN5O3/c1-3-36-24-15-20(11-14-23(24)37-16-19-9-12-21(29)13-10-19)26-25(18(2)32-28-30-17-31-34(26)28)27(35)33-22-7-5-4-6-8-22/h4-15,17,26H,3,16H2,1-2H3,(H,33,35)(H,30,31,32)/t26-/m0/s1. The Morgan fingerprint density at radius 2 is 1.84 bits per heavy atom. The van der Waals surface area contributed by atoms with Crippen LogP contribution >= 0.6 is 11.6 Å². The molecule has 0 fully saturated rings. The Hall–Kier alpha value is -4.30. The van der Waals surface area contributed by atoms with E-state index in [0.29, 0.717) is 52.6 Å². The summed E-state index contributed by atoms with van der Waals surface area (Å²) in [7, 11) is 0. The summed E-state index contributed by atoms with van der Waals surface area (Å²) in [6.45, 7) is 4.59. The van der Waals surface area contributed by atoms with Crippen molar-refractivity contribution in [1.29, 1.82) is 0 Å². The number of para-hydroxylation sites is 1. The minimum atomic E-state index is -0.521. The van der Waals surface area contributed by atoms with Gasteiger partial charge in [0.25, 0.3) is 5.91 Å². The lowest BCUT2D eigenvalue weighted by molar-refractivity contribution is -0.113. The minimum Gasteiger partial charge on any atom is -0.490 e. The van der Waals surface area contributed by atoms with E-state index >= 15 is 0 Å². The van der Waals surface area contributed by atoms with E-state index in [4.69, 9.17) is 21.1 Å². The zero-order valence-electron chi connectivity index (χ0n) is 20.4. The number of allylic oxidation sites excluding steroid dienone is 1. The molecule has 0 aliphatic carbocycles. The molecule has 1 aliphatic rings. The third-order valence-corrected chi connectivity index (χ3v) is 6.21. The molecular formula is C28H26ClN5O3. The molecule has 0 spiro atoms. The summed E-state index contributed by atoms with van der Waals surface area (Å²) in [5.74, 6) is 1.50. The largest absolute Gasteiger partial charge is 0.490 e. The lowest BCUT2D eigenvalue weighted by Gasteiger charge is -2.29. The molecule has 3 aromatic carbocycles. The maximum atomic E-state index is 13.5. The van der Waals surface area contributed by atoms with Crippen molar-refractivity contribution in [2.24, 2.45) is 0 Å². The number of hydrogen-bond acceptors (Lipinski definition) is 6. The number of hydrogen-bond donors (Lipinski definition) is 2. The van der Waals surface area contributed by atoms with E-state index in [1.165, 1.54) is 6.33 Å². The number of benzene rings is 3. The molecule has 8 nitrogen and oxygen atoms in total. The van der Waals surface area contributed by atoms with E-state index < -0.39 is 6.04 Å². The van der Waals surface area contributed by atoms with Crippen LogP contribution in [0.1, 0.15) is 31.0 Å². The molecule has 1 aromatic heterocycles. The van der Waals surface area contributed by atoms with Gasteiger partial charge in [-0.25, -0.2) is 4.68 Å². The van der Waals surface area contributed by atoms with Crippen molar-refractivity contribution in [2.75, 3.05) is 17.2 Å². The van der Waals surface area contributed by atoms with Gasteiger partial charge < -0.3 is 20.1 Å². The van der Waals surface area contributed by atoms with Crippen LogP contribution in [-0.2, 0) is 11.4 Å². The van der Waals surface area contributed by atoms with Crippen LogP contribution in [0.5, 0.6) is 11.5 Å². The average Bonchev–Trinajstić information content (AvgIpc) is 3.37. The van der Waals surface area contributed by atoms with Crippen LogP contribution in [0.3, 0.4) is 0 Å². The van der Waals surface area contributed by atoms with E-state index in [-0.39, 0.29) is 5.91 Å². The molecule has 188 valence electrons. The fraction of sp³-hybridized carbons (Fsp3) is 0.179. The van der Waals surface area contributed by atoms with Crippen molar-refractivity contribution in [3.8, 4) is 11.5 Å². The first-order chi connectivity index (χ1) is 18.0. The third-order valence-electron chi connectivity index (χ3n) is 5.96. The first-order valence-corrected chi connectivity index (χ1v) is 12.3. The van der Waals surface area contributed by atoms with Crippen LogP contribution in [0.15, 0.2) is 90.4 Å². The van der Waals surface area contributed by atoms with Crippen molar-refractivity contribution in [2.45, 2.75) is 26.5 Å². The predicted octanol–water partition coefficient (Wildman–Crippen LogP) is 5.84. The van der Waals surface area contributed by atoms with Crippen molar-refractivity contribution >= 4 is 29.1 Å². The maximum absolute atomic E-state index is 13.5. The highest BCUT2D eigenvalue weighted by Crippen LogP contribution is 2.39. The van der Waals surface area contributed by atoms with Gasteiger partial charge in [0.05, 0.1) is 12.2 Å². The number of aromatic nitrogens is 3. The van der Waals surface area contributed by atoms with Gasteiger partial charge in [-0.3, -0.25) is 4.79 Å². The SMILES string of the molecule is CCOc1cc([C@H]2C(C(=O)Nc3ccccc3)=C(C)Nc3ncnn32)ccc1OCc1ccc(Cl)cc1. The predicted molar refractivity (Wildman–Crippen MR) is 143 cm³/mol. The summed E-state index contributed by atoms with van der Waals surface area (Å²) in [6, 6.07) is 22.0. The topological polar surface area (TPSA) is 90.3 Å². The zero-order chi connectivity index (χ0) is 25.8. The summed E-state index contributed by atoms with van der Waals surface area (Å²) in [5, 5.41) is 11.3. The number of fused-ring (bicyclic) bond motifs is 1. The lowest BCUT2D eigenvalue weighted by Crippen LogP contribution is -2.31. The highest BCUT2D eigenvalue weighted by Gasteiger charge is 2.34. The molecule has 0 saturated heterocycles. The Morgan fingerprint density at radius 1 is 1.05 bits per heavy atom. The molecule has 5 rings (SSSR count). The van der Waals surface area contributed by atoms with Gasteiger partial charge in [-0.15, -0.1) is 0 Å². The highest BCUT2D eigenvalue weighted by atomic mass is 35.5. The van der Waals surface area contributed by atoms with Gasteiger partial charge in [-0.2, -0.15) is 10.1 Å². The number of anilines is 2. The third kappa shape index (κ3) is 5.29. The quantitative estimate of drug-likeness (QED) is 0.306. The normalized spacial score (nSPS) is 14.5. The second-order valence-electron chi connectivity index (χ2n) is 8.47. The van der Waals surface area contributed by atoms with E-state index in [1.54, 1.807) is 4.68 Å². The number of halogens is 1. The molecule has 1 atom stereocenters. The van der Waals surface area contributed by atoms with Gasteiger partial charge in [0.15, 0.2) is 11.5 Å². The number of nitrogens with one attached hydrogen (secondary N) is 2. The summed E-state index contributed by atoms with van der Waals surface area (Å²) < 4.78 is 13.7. The lowest BCUT2D eigenvalue weighted by atomic mass is 9.94. The number of amides is 1. The molecule has 9 heteroatoms. The second-order valence-corrected chi connectivity index (χ2v) is 8.91. The van der Waals surface area contributed by atoms with Crippen LogP contribution in [0.25, 0.3) is 0 Å².